The number of hydrogen-bond acceptors (Lipinski definition) is 5. The number of methoxy groups -OCH3 is 2. The lowest BCUT2D eigenvalue weighted by Crippen LogP contribution is -2.19. The molecule has 0 unspecified atom stereocenters. The van der Waals surface area contributed by atoms with E-state index in [1.54, 1.807) is 26.4 Å². The van der Waals surface area contributed by atoms with E-state index in [9.17, 15) is 4.79 Å². The van der Waals surface area contributed by atoms with Gasteiger partial charge in [-0.1, -0.05) is 25.3 Å². The molecule has 1 aliphatic carbocycles. The molecule has 1 heterocycles. The summed E-state index contributed by atoms with van der Waals surface area (Å²) in [4.78, 5) is 16.5. The van der Waals surface area contributed by atoms with Gasteiger partial charge >= 0.3 is 5.97 Å². The number of benzene rings is 1. The molecule has 5 nitrogen and oxygen atoms in total. The van der Waals surface area contributed by atoms with Crippen molar-refractivity contribution >= 4 is 17.9 Å². The van der Waals surface area contributed by atoms with Gasteiger partial charge in [-0.3, -0.25) is 0 Å². The maximum atomic E-state index is 12.0. The Morgan fingerprint density at radius 1 is 1.13 bits per heavy atom. The summed E-state index contributed by atoms with van der Waals surface area (Å²) in [5, 5.41) is 0. The maximum Gasteiger partial charge on any atom is 0.363 e. The van der Waals surface area contributed by atoms with Crippen LogP contribution in [-0.4, -0.2) is 26.1 Å². The molecule has 1 aromatic rings. The van der Waals surface area contributed by atoms with Crippen molar-refractivity contribution in [3.8, 4) is 11.5 Å². The van der Waals surface area contributed by atoms with Gasteiger partial charge in [0.05, 0.1) is 14.2 Å². The number of aliphatic imine (C=N–C) groups is 1. The Labute approximate surface area is 136 Å². The summed E-state index contributed by atoms with van der Waals surface area (Å²) in [6.07, 6.45) is 7.43. The number of cyclic esters (lactones) is 1. The highest BCUT2D eigenvalue weighted by atomic mass is 16.6. The van der Waals surface area contributed by atoms with Crippen molar-refractivity contribution in [2.24, 2.45) is 10.9 Å². The first-order valence-electron chi connectivity index (χ1n) is 7.95. The van der Waals surface area contributed by atoms with Crippen molar-refractivity contribution in [2.45, 2.75) is 32.1 Å². The number of rotatable bonds is 4. The molecule has 0 bridgehead atoms. The first kappa shape index (κ1) is 15.6. The first-order valence-corrected chi connectivity index (χ1v) is 7.95. The zero-order valence-electron chi connectivity index (χ0n) is 13.5. The quantitative estimate of drug-likeness (QED) is 0.629. The van der Waals surface area contributed by atoms with E-state index in [0.29, 0.717) is 23.1 Å². The van der Waals surface area contributed by atoms with Crippen LogP contribution in [0.5, 0.6) is 11.5 Å². The van der Waals surface area contributed by atoms with Gasteiger partial charge in [0.15, 0.2) is 17.2 Å². The number of carbonyl (C=O) groups excluding carboxylic acids is 1. The van der Waals surface area contributed by atoms with Gasteiger partial charge < -0.3 is 14.2 Å². The van der Waals surface area contributed by atoms with E-state index in [1.165, 1.54) is 19.3 Å². The Bertz CT molecular complexity index is 657. The second-order valence-electron chi connectivity index (χ2n) is 5.82. The average molecular weight is 315 g/mol. The van der Waals surface area contributed by atoms with Gasteiger partial charge in [-0.05, 0) is 36.6 Å². The fourth-order valence-corrected chi connectivity index (χ4v) is 3.05. The molecular weight excluding hydrogens is 294 g/mol. The second-order valence-corrected chi connectivity index (χ2v) is 5.82. The molecule has 0 atom stereocenters. The summed E-state index contributed by atoms with van der Waals surface area (Å²) in [5.41, 5.74) is 1.17. The summed E-state index contributed by atoms with van der Waals surface area (Å²) in [5.74, 6) is 1.76. The molecule has 0 saturated heterocycles. The molecule has 0 amide bonds. The largest absolute Gasteiger partial charge is 0.493 e. The first-order chi connectivity index (χ1) is 11.2. The highest BCUT2D eigenvalue weighted by Crippen LogP contribution is 2.31. The van der Waals surface area contributed by atoms with Gasteiger partial charge in [-0.15, -0.1) is 0 Å². The standard InChI is InChI=1S/C18H21NO4/c1-21-15-9-8-12(11-16(15)22-2)10-14-18(20)23-17(19-14)13-6-4-3-5-7-13/h8-11,13H,3-7H2,1-2H3/b14-10+. The molecule has 0 spiro atoms. The third-order valence-electron chi connectivity index (χ3n) is 4.30. The molecule has 0 radical (unpaired) electrons. The van der Waals surface area contributed by atoms with Crippen LogP contribution < -0.4 is 9.47 Å². The van der Waals surface area contributed by atoms with Crippen LogP contribution in [0.4, 0.5) is 0 Å². The van der Waals surface area contributed by atoms with Crippen LogP contribution in [0.25, 0.3) is 6.08 Å². The molecule has 122 valence electrons. The van der Waals surface area contributed by atoms with Gasteiger partial charge in [0.2, 0.25) is 5.90 Å². The summed E-state index contributed by atoms with van der Waals surface area (Å²) < 4.78 is 15.9. The molecule has 3 rings (SSSR count). The summed E-state index contributed by atoms with van der Waals surface area (Å²) in [6.45, 7) is 0. The Balaban J connectivity index is 1.83. The van der Waals surface area contributed by atoms with Crippen LogP contribution in [-0.2, 0) is 9.53 Å². The lowest BCUT2D eigenvalue weighted by atomic mass is 9.89. The normalized spacial score (nSPS) is 20.3. The van der Waals surface area contributed by atoms with E-state index in [-0.39, 0.29) is 11.9 Å². The van der Waals surface area contributed by atoms with Crippen molar-refractivity contribution in [2.75, 3.05) is 14.2 Å². The minimum absolute atomic E-state index is 0.281. The molecule has 5 heteroatoms. The molecule has 1 fully saturated rings. The van der Waals surface area contributed by atoms with E-state index in [1.807, 2.05) is 12.1 Å². The van der Waals surface area contributed by atoms with Gasteiger partial charge in [0, 0.05) is 5.92 Å². The van der Waals surface area contributed by atoms with Crippen molar-refractivity contribution in [3.05, 3.63) is 29.5 Å². The molecule has 2 aliphatic rings. The minimum Gasteiger partial charge on any atom is -0.493 e. The number of hydrogen-bond donors (Lipinski definition) is 0. The lowest BCUT2D eigenvalue weighted by molar-refractivity contribution is -0.130. The van der Waals surface area contributed by atoms with E-state index < -0.39 is 0 Å². The minimum atomic E-state index is -0.375. The number of nitrogens with zero attached hydrogens (tertiary/aromatic N) is 1. The number of carbonyl (C=O) groups is 1. The molecule has 1 aliphatic heterocycles. The maximum absolute atomic E-state index is 12.0. The van der Waals surface area contributed by atoms with Crippen molar-refractivity contribution < 1.29 is 19.0 Å². The zero-order chi connectivity index (χ0) is 16.2. The van der Waals surface area contributed by atoms with Gasteiger partial charge in [-0.2, -0.15) is 0 Å². The van der Waals surface area contributed by atoms with Crippen LogP contribution >= 0.6 is 0 Å². The van der Waals surface area contributed by atoms with Gasteiger partial charge in [0.25, 0.3) is 0 Å². The summed E-state index contributed by atoms with van der Waals surface area (Å²) in [7, 11) is 3.17. The Kier molecular flexibility index (Phi) is 4.65. The zero-order valence-corrected chi connectivity index (χ0v) is 13.5. The highest BCUT2D eigenvalue weighted by Gasteiger charge is 2.30. The van der Waals surface area contributed by atoms with Crippen LogP contribution in [0.15, 0.2) is 28.9 Å². The Morgan fingerprint density at radius 3 is 2.57 bits per heavy atom. The van der Waals surface area contributed by atoms with E-state index in [4.69, 9.17) is 14.2 Å². The smallest absolute Gasteiger partial charge is 0.363 e. The van der Waals surface area contributed by atoms with Crippen molar-refractivity contribution in [3.63, 3.8) is 0 Å². The monoisotopic (exact) mass is 315 g/mol. The van der Waals surface area contributed by atoms with Crippen molar-refractivity contribution in [1.82, 2.24) is 0 Å². The van der Waals surface area contributed by atoms with E-state index >= 15 is 0 Å². The van der Waals surface area contributed by atoms with Crippen LogP contribution in [0.1, 0.15) is 37.7 Å². The SMILES string of the molecule is COc1ccc(/C=C2/N=C(C3CCCCC3)OC2=O)cc1OC. The Morgan fingerprint density at radius 2 is 1.87 bits per heavy atom. The summed E-state index contributed by atoms with van der Waals surface area (Å²) in [6, 6.07) is 5.47. The molecule has 23 heavy (non-hydrogen) atoms. The van der Waals surface area contributed by atoms with Crippen LogP contribution in [0.3, 0.4) is 0 Å². The van der Waals surface area contributed by atoms with Gasteiger partial charge in [-0.25, -0.2) is 9.79 Å². The third-order valence-corrected chi connectivity index (χ3v) is 4.30. The predicted octanol–water partition coefficient (Wildman–Crippen LogP) is 3.58. The fourth-order valence-electron chi connectivity index (χ4n) is 3.05. The lowest BCUT2D eigenvalue weighted by Gasteiger charge is -2.19. The molecule has 0 aromatic heterocycles. The predicted molar refractivity (Wildman–Crippen MR) is 87.6 cm³/mol. The highest BCUT2D eigenvalue weighted by molar-refractivity contribution is 6.07. The van der Waals surface area contributed by atoms with Gasteiger partial charge in [0.1, 0.15) is 0 Å². The molecule has 1 aromatic carbocycles. The summed E-state index contributed by atoms with van der Waals surface area (Å²) >= 11 is 0. The average Bonchev–Trinajstić information content (AvgIpc) is 2.96. The number of esters is 1. The fraction of sp³-hybridized carbons (Fsp3) is 0.444. The van der Waals surface area contributed by atoms with Crippen molar-refractivity contribution in [1.29, 1.82) is 0 Å². The topological polar surface area (TPSA) is 57.1 Å². The molecule has 1 saturated carbocycles. The molecule has 0 N–H and O–H groups in total. The molecular formula is C18H21NO4. The number of ether oxygens (including phenoxy) is 3. The van der Waals surface area contributed by atoms with E-state index in [0.717, 1.165) is 18.4 Å². The second kappa shape index (κ2) is 6.86. The Hall–Kier alpha value is -2.30. The van der Waals surface area contributed by atoms with E-state index in [2.05, 4.69) is 4.99 Å². The van der Waals surface area contributed by atoms with Crippen LogP contribution in [0, 0.1) is 5.92 Å². The van der Waals surface area contributed by atoms with Crippen LogP contribution in [0.2, 0.25) is 0 Å². The third kappa shape index (κ3) is 3.38.